The lowest BCUT2D eigenvalue weighted by molar-refractivity contribution is 0.0910. The summed E-state index contributed by atoms with van der Waals surface area (Å²) in [6.45, 7) is 7.52. The molecule has 0 radical (unpaired) electrons. The fourth-order valence-corrected chi connectivity index (χ4v) is 3.63. The number of fused-ring (bicyclic) bond motifs is 1. The standard InChI is InChI=1S/C19H29N3O/c1-2-21-11-8-17-7-6-16(13-19(17)21)14-20-9-12-22-10-4-3-5-18(22)15-23/h6-8,11,13,18,20,23H,2-5,9-10,12,14-15H2,1H3. The molecule has 126 valence electrons. The highest BCUT2D eigenvalue weighted by Crippen LogP contribution is 2.18. The average Bonchev–Trinajstić information content (AvgIpc) is 3.01. The van der Waals surface area contributed by atoms with Crippen LogP contribution in [0.1, 0.15) is 31.7 Å². The number of hydrogen-bond acceptors (Lipinski definition) is 3. The molecule has 1 aromatic heterocycles. The molecule has 1 fully saturated rings. The van der Waals surface area contributed by atoms with Crippen LogP contribution in [0.2, 0.25) is 0 Å². The van der Waals surface area contributed by atoms with Crippen molar-refractivity contribution in [3.05, 3.63) is 36.0 Å². The minimum Gasteiger partial charge on any atom is -0.395 e. The highest BCUT2D eigenvalue weighted by molar-refractivity contribution is 5.80. The number of benzene rings is 1. The number of hydrogen-bond donors (Lipinski definition) is 2. The third-order valence-electron chi connectivity index (χ3n) is 5.04. The number of piperidine rings is 1. The molecule has 1 aliphatic rings. The van der Waals surface area contributed by atoms with Gasteiger partial charge >= 0.3 is 0 Å². The molecule has 0 saturated carbocycles. The summed E-state index contributed by atoms with van der Waals surface area (Å²) < 4.78 is 2.29. The fourth-order valence-electron chi connectivity index (χ4n) is 3.63. The Morgan fingerprint density at radius 2 is 2.17 bits per heavy atom. The maximum Gasteiger partial charge on any atom is 0.0586 e. The Morgan fingerprint density at radius 1 is 1.26 bits per heavy atom. The first-order chi connectivity index (χ1) is 11.3. The van der Waals surface area contributed by atoms with E-state index in [2.05, 4.69) is 52.2 Å². The van der Waals surface area contributed by atoms with Crippen molar-refractivity contribution < 1.29 is 5.11 Å². The van der Waals surface area contributed by atoms with Gasteiger partial charge in [-0.3, -0.25) is 4.90 Å². The number of aromatic nitrogens is 1. The number of nitrogens with zero attached hydrogens (tertiary/aromatic N) is 2. The van der Waals surface area contributed by atoms with Crippen molar-refractivity contribution in [1.82, 2.24) is 14.8 Å². The van der Waals surface area contributed by atoms with Crippen molar-refractivity contribution >= 4 is 10.9 Å². The summed E-state index contributed by atoms with van der Waals surface area (Å²) in [5.41, 5.74) is 2.66. The predicted molar refractivity (Wildman–Crippen MR) is 95.6 cm³/mol. The van der Waals surface area contributed by atoms with Crippen LogP contribution in [0, 0.1) is 0 Å². The molecule has 1 unspecified atom stereocenters. The minimum absolute atomic E-state index is 0.296. The van der Waals surface area contributed by atoms with Crippen LogP contribution in [-0.4, -0.2) is 46.9 Å². The SMILES string of the molecule is CCn1ccc2ccc(CNCCN3CCCCC3CO)cc21. The van der Waals surface area contributed by atoms with Gasteiger partial charge in [-0.1, -0.05) is 18.6 Å². The topological polar surface area (TPSA) is 40.4 Å². The maximum absolute atomic E-state index is 9.46. The molecule has 1 aliphatic heterocycles. The van der Waals surface area contributed by atoms with Gasteiger partial charge in [0.15, 0.2) is 0 Å². The van der Waals surface area contributed by atoms with Gasteiger partial charge < -0.3 is 15.0 Å². The summed E-state index contributed by atoms with van der Waals surface area (Å²) in [6, 6.07) is 9.28. The van der Waals surface area contributed by atoms with Gasteiger partial charge in [-0.25, -0.2) is 0 Å². The third kappa shape index (κ3) is 3.94. The van der Waals surface area contributed by atoms with Crippen LogP contribution in [-0.2, 0) is 13.1 Å². The second kappa shape index (κ2) is 7.95. The lowest BCUT2D eigenvalue weighted by Crippen LogP contribution is -2.44. The smallest absolute Gasteiger partial charge is 0.0586 e. The van der Waals surface area contributed by atoms with Crippen molar-refractivity contribution in [2.24, 2.45) is 0 Å². The quantitative estimate of drug-likeness (QED) is 0.772. The zero-order chi connectivity index (χ0) is 16.1. The lowest BCUT2D eigenvalue weighted by atomic mass is 10.0. The lowest BCUT2D eigenvalue weighted by Gasteiger charge is -2.34. The van der Waals surface area contributed by atoms with E-state index in [1.807, 2.05) is 0 Å². The summed E-state index contributed by atoms with van der Waals surface area (Å²) in [7, 11) is 0. The van der Waals surface area contributed by atoms with Crippen LogP contribution in [0.4, 0.5) is 0 Å². The Labute approximate surface area is 139 Å². The molecular weight excluding hydrogens is 286 g/mol. The van der Waals surface area contributed by atoms with Crippen molar-refractivity contribution in [1.29, 1.82) is 0 Å². The molecule has 4 heteroatoms. The fraction of sp³-hybridized carbons (Fsp3) is 0.579. The molecule has 0 amide bonds. The molecular formula is C19H29N3O. The van der Waals surface area contributed by atoms with Crippen LogP contribution in [0.5, 0.6) is 0 Å². The number of likely N-dealkylation sites (tertiary alicyclic amines) is 1. The molecule has 2 N–H and O–H groups in total. The van der Waals surface area contributed by atoms with E-state index in [1.165, 1.54) is 29.3 Å². The van der Waals surface area contributed by atoms with E-state index in [0.29, 0.717) is 12.6 Å². The molecule has 3 rings (SSSR count). The normalized spacial score (nSPS) is 19.5. The Hall–Kier alpha value is -1.36. The van der Waals surface area contributed by atoms with Crippen LogP contribution in [0.3, 0.4) is 0 Å². The first kappa shape index (κ1) is 16.5. The van der Waals surface area contributed by atoms with E-state index in [-0.39, 0.29) is 0 Å². The summed E-state index contributed by atoms with van der Waals surface area (Å²) in [5.74, 6) is 0. The molecule has 1 saturated heterocycles. The van der Waals surface area contributed by atoms with Gasteiger partial charge in [0.1, 0.15) is 0 Å². The predicted octanol–water partition coefficient (Wildman–Crippen LogP) is 2.60. The maximum atomic E-state index is 9.46. The highest BCUT2D eigenvalue weighted by atomic mass is 16.3. The first-order valence-electron chi connectivity index (χ1n) is 8.95. The van der Waals surface area contributed by atoms with Crippen molar-refractivity contribution in [3.63, 3.8) is 0 Å². The zero-order valence-corrected chi connectivity index (χ0v) is 14.2. The van der Waals surface area contributed by atoms with Crippen LogP contribution in [0.15, 0.2) is 30.5 Å². The number of aliphatic hydroxyl groups excluding tert-OH is 1. The van der Waals surface area contributed by atoms with E-state index in [9.17, 15) is 5.11 Å². The average molecular weight is 315 g/mol. The summed E-state index contributed by atoms with van der Waals surface area (Å²) in [4.78, 5) is 2.43. The van der Waals surface area contributed by atoms with Gasteiger partial charge in [0, 0.05) is 43.9 Å². The van der Waals surface area contributed by atoms with Gasteiger partial charge in [0.2, 0.25) is 0 Å². The second-order valence-electron chi connectivity index (χ2n) is 6.54. The molecule has 0 spiro atoms. The summed E-state index contributed by atoms with van der Waals surface area (Å²) in [5, 5.41) is 14.3. The minimum atomic E-state index is 0.296. The van der Waals surface area contributed by atoms with Gasteiger partial charge in [0.05, 0.1) is 6.61 Å². The van der Waals surface area contributed by atoms with Crippen LogP contribution in [0.25, 0.3) is 10.9 Å². The van der Waals surface area contributed by atoms with Crippen LogP contribution >= 0.6 is 0 Å². The molecule has 0 aliphatic carbocycles. The molecule has 2 aromatic rings. The number of rotatable bonds is 7. The summed E-state index contributed by atoms with van der Waals surface area (Å²) in [6.07, 6.45) is 5.82. The Morgan fingerprint density at radius 3 is 3.00 bits per heavy atom. The molecule has 0 bridgehead atoms. The highest BCUT2D eigenvalue weighted by Gasteiger charge is 2.20. The van der Waals surface area contributed by atoms with E-state index in [1.54, 1.807) is 0 Å². The van der Waals surface area contributed by atoms with Crippen molar-refractivity contribution in [2.45, 2.75) is 45.3 Å². The molecule has 2 heterocycles. The second-order valence-corrected chi connectivity index (χ2v) is 6.54. The number of aliphatic hydroxyl groups is 1. The summed E-state index contributed by atoms with van der Waals surface area (Å²) >= 11 is 0. The van der Waals surface area contributed by atoms with E-state index >= 15 is 0 Å². The van der Waals surface area contributed by atoms with Gasteiger partial charge in [-0.05, 0) is 49.4 Å². The van der Waals surface area contributed by atoms with Crippen molar-refractivity contribution in [2.75, 3.05) is 26.2 Å². The van der Waals surface area contributed by atoms with E-state index in [0.717, 1.165) is 39.1 Å². The van der Waals surface area contributed by atoms with E-state index in [4.69, 9.17) is 0 Å². The molecule has 23 heavy (non-hydrogen) atoms. The van der Waals surface area contributed by atoms with Gasteiger partial charge in [-0.2, -0.15) is 0 Å². The van der Waals surface area contributed by atoms with Gasteiger partial charge in [0.25, 0.3) is 0 Å². The third-order valence-corrected chi connectivity index (χ3v) is 5.04. The first-order valence-corrected chi connectivity index (χ1v) is 8.95. The number of aryl methyl sites for hydroxylation is 1. The van der Waals surface area contributed by atoms with Crippen molar-refractivity contribution in [3.8, 4) is 0 Å². The number of nitrogens with one attached hydrogen (secondary N) is 1. The molecule has 1 atom stereocenters. The Bertz CT molecular complexity index is 622. The Kier molecular flexibility index (Phi) is 5.70. The van der Waals surface area contributed by atoms with E-state index < -0.39 is 0 Å². The Balaban J connectivity index is 1.50. The monoisotopic (exact) mass is 315 g/mol. The van der Waals surface area contributed by atoms with Crippen LogP contribution < -0.4 is 5.32 Å². The largest absolute Gasteiger partial charge is 0.395 e. The zero-order valence-electron chi connectivity index (χ0n) is 14.2. The van der Waals surface area contributed by atoms with Gasteiger partial charge in [-0.15, -0.1) is 0 Å². The molecule has 4 nitrogen and oxygen atoms in total. The molecule has 1 aromatic carbocycles.